The molecule has 0 aromatic heterocycles. The lowest BCUT2D eigenvalue weighted by Crippen LogP contribution is -2.20. The van der Waals surface area contributed by atoms with Crippen molar-refractivity contribution in [1.29, 1.82) is 0 Å². The second-order valence-corrected chi connectivity index (χ2v) is 38.2. The lowest BCUT2D eigenvalue weighted by Gasteiger charge is -2.29. The molecule has 6 fully saturated rings. The molecule has 0 spiro atoms. The van der Waals surface area contributed by atoms with Crippen LogP contribution in [0, 0.1) is 232 Å². The van der Waals surface area contributed by atoms with Crippen molar-refractivity contribution < 1.29 is 82.6 Å². The third-order valence-corrected chi connectivity index (χ3v) is 27.1. The lowest BCUT2D eigenvalue weighted by atomic mass is 9.76. The summed E-state index contributed by atoms with van der Waals surface area (Å²) >= 11 is 0. The summed E-state index contributed by atoms with van der Waals surface area (Å²) < 4.78 is 170. The van der Waals surface area contributed by atoms with Gasteiger partial charge in [-0.2, -0.15) is 35.1 Å². The van der Waals surface area contributed by atoms with E-state index in [1.807, 2.05) is 132 Å². The Morgan fingerprint density at radius 3 is 0.643 bits per heavy atom. The van der Waals surface area contributed by atoms with Gasteiger partial charge in [-0.25, -0.2) is 9.59 Å². The number of benzene rings is 10. The van der Waals surface area contributed by atoms with Crippen molar-refractivity contribution in [3.05, 3.63) is 290 Å². The van der Waals surface area contributed by atoms with Crippen molar-refractivity contribution in [3.63, 3.8) is 0 Å². The van der Waals surface area contributed by atoms with Gasteiger partial charge in [-0.15, -0.1) is 0 Å². The Hall–Kier alpha value is -11.1. The van der Waals surface area contributed by atoms with Gasteiger partial charge < -0.3 is 37.9 Å². The van der Waals surface area contributed by atoms with Crippen molar-refractivity contribution in [1.82, 2.24) is 0 Å². The highest BCUT2D eigenvalue weighted by Gasteiger charge is 2.50. The van der Waals surface area contributed by atoms with E-state index in [9.17, 15) is 9.59 Å². The van der Waals surface area contributed by atoms with Crippen LogP contribution in [0.2, 0.25) is 0 Å². The SMILES string of the molecule is C1CC2C3CCC(C3)C2C1.C1CC2C3CCC(C3)C2C1.C=C(C)C(=O)Oc1c(C)cc(C)cc1C.C=C(C)C(=O)Oc1c(C)cc(C)cc1C.Cc1cc(C)c(Oc2c(F)c(F)c(Oc3c(C)cc(Oc4c(C)cc(C(C)(C)c5cc(C)c(Oc6cc(C)c(Oc7c(F)c(F)c(Oc8c(C)cc(C)cc8C)c(F)c7F)c(C)c6)c(C)c5)cc4C)cc3C)c(F)c2F)c(C)c1. The van der Waals surface area contributed by atoms with E-state index in [4.69, 9.17) is 37.9 Å². The second kappa shape index (κ2) is 39.7. The minimum Gasteiger partial charge on any atom is -0.457 e. The molecular weight excluding hydrogens is 1650 g/mol. The van der Waals surface area contributed by atoms with E-state index >= 15 is 35.1 Å². The van der Waals surface area contributed by atoms with Gasteiger partial charge in [0, 0.05) is 16.6 Å². The minimum absolute atomic E-state index is 0.0228. The maximum Gasteiger partial charge on any atom is 0.338 e. The predicted octanol–water partition coefficient (Wildman–Crippen LogP) is 32.0. The maximum atomic E-state index is 15.6. The van der Waals surface area contributed by atoms with E-state index in [0.29, 0.717) is 90.2 Å². The fourth-order valence-electron chi connectivity index (χ4n) is 21.3. The average molecular weight is 1770 g/mol. The van der Waals surface area contributed by atoms with Gasteiger partial charge in [0.2, 0.25) is 69.5 Å². The molecule has 0 radical (unpaired) electrons. The Balaban J connectivity index is 0.000000235. The van der Waals surface area contributed by atoms with Crippen molar-refractivity contribution in [2.75, 3.05) is 0 Å². The number of esters is 2. The van der Waals surface area contributed by atoms with Gasteiger partial charge in [0.1, 0.15) is 57.5 Å². The lowest BCUT2D eigenvalue weighted by molar-refractivity contribution is -0.131. The van der Waals surface area contributed by atoms with Crippen LogP contribution >= 0.6 is 0 Å². The first-order valence-corrected chi connectivity index (χ1v) is 45.0. The summed E-state index contributed by atoms with van der Waals surface area (Å²) in [7, 11) is 0. The number of fused-ring (bicyclic) bond motifs is 10. The van der Waals surface area contributed by atoms with Crippen LogP contribution in [0.25, 0.3) is 0 Å². The zero-order valence-electron chi connectivity index (χ0n) is 79.4. The molecule has 16 rings (SSSR count). The summed E-state index contributed by atoms with van der Waals surface area (Å²) in [6, 6.07) is 29.4. The first-order valence-electron chi connectivity index (χ1n) is 45.0. The maximum absolute atomic E-state index is 15.6. The molecule has 0 saturated heterocycles. The molecule has 0 N–H and O–H groups in total. The van der Waals surface area contributed by atoms with E-state index in [1.54, 1.807) is 195 Å². The molecule has 4 bridgehead atoms. The number of halogens is 8. The first kappa shape index (κ1) is 96.9. The molecule has 10 nitrogen and oxygen atoms in total. The van der Waals surface area contributed by atoms with Gasteiger partial charge in [-0.1, -0.05) is 135 Å². The Morgan fingerprint density at radius 1 is 0.264 bits per heavy atom. The number of ether oxygens (including phenoxy) is 8. The summed E-state index contributed by atoms with van der Waals surface area (Å²) in [6.45, 7) is 50.8. The fraction of sp³-hybridized carbons (Fsp3) is 0.405. The number of aryl methyl sites for hydroxylation is 20. The Kier molecular flexibility index (Phi) is 29.8. The van der Waals surface area contributed by atoms with Gasteiger partial charge in [0.05, 0.1) is 0 Å². The molecule has 10 aromatic rings. The molecular formula is C111H124F8O10. The molecule has 8 atom stereocenters. The van der Waals surface area contributed by atoms with E-state index < -0.39 is 75.0 Å². The monoisotopic (exact) mass is 1770 g/mol. The summed E-state index contributed by atoms with van der Waals surface area (Å²) in [6.07, 6.45) is 19.1. The van der Waals surface area contributed by atoms with Crippen LogP contribution < -0.4 is 37.9 Å². The quantitative estimate of drug-likeness (QED) is 0.0271. The third kappa shape index (κ3) is 21.0. The van der Waals surface area contributed by atoms with Gasteiger partial charge in [0.25, 0.3) is 0 Å². The third-order valence-electron chi connectivity index (χ3n) is 27.1. The molecule has 6 aliphatic carbocycles. The molecule has 6 aliphatic rings. The van der Waals surface area contributed by atoms with Crippen LogP contribution in [0.15, 0.2) is 121 Å². The molecule has 0 aliphatic heterocycles. The average Bonchev–Trinajstić information content (AvgIpc) is 1.73. The smallest absolute Gasteiger partial charge is 0.338 e. The van der Waals surface area contributed by atoms with Crippen molar-refractivity contribution in [2.24, 2.45) is 47.3 Å². The van der Waals surface area contributed by atoms with E-state index in [0.717, 1.165) is 66.8 Å². The predicted molar refractivity (Wildman–Crippen MR) is 496 cm³/mol. The number of carbonyl (C=O) groups excluding carboxylic acids is 2. The Morgan fingerprint density at radius 2 is 0.442 bits per heavy atom. The largest absolute Gasteiger partial charge is 0.457 e. The molecule has 129 heavy (non-hydrogen) atoms. The molecule has 684 valence electrons. The van der Waals surface area contributed by atoms with E-state index in [-0.39, 0.29) is 34.9 Å². The van der Waals surface area contributed by atoms with Gasteiger partial charge >= 0.3 is 11.9 Å². The number of hydrogen-bond donors (Lipinski definition) is 0. The zero-order valence-corrected chi connectivity index (χ0v) is 79.4. The van der Waals surface area contributed by atoms with E-state index in [1.165, 1.54) is 58.5 Å². The normalized spacial score (nSPS) is 18.3. The van der Waals surface area contributed by atoms with Crippen LogP contribution in [0.5, 0.6) is 80.5 Å². The van der Waals surface area contributed by atoms with Crippen LogP contribution in [0.3, 0.4) is 0 Å². The highest BCUT2D eigenvalue weighted by Crippen LogP contribution is 2.60. The standard InChI is InChI=1S/C65H60F8O6.2C13H16O2.2C10H16/c1-29-17-31(3)57(32(4)18-29)76-61-47(66)51(70)63(52(71)48(61)67)78-59-39(11)25-45(26-40(59)12)74-55-35(7)21-43(22-36(55)8)65(15,16)44-23-37(9)56(38(10)24-44)75-46-27-41(13)60(42(14)28-46)79-64-53(72)49(68)62(50(69)54(64)73)77-58-33(5)19-30(2)20-34(58)6;2*1-8(2)13(14)15-12-10(4)6-9(3)7-11(12)5;2*1-2-9-7-4-5-8(6-7)10(9)3-1/h17-28H,1-16H3;2*6-7H,1H2,2-5H3;2*7-10H,1-6H2. The zero-order chi connectivity index (χ0) is 94.3. The molecule has 8 unspecified atom stereocenters. The highest BCUT2D eigenvalue weighted by atomic mass is 19.2. The molecule has 18 heteroatoms. The molecule has 6 saturated carbocycles. The van der Waals surface area contributed by atoms with Crippen LogP contribution in [0.4, 0.5) is 35.1 Å². The van der Waals surface area contributed by atoms with Crippen LogP contribution in [-0.4, -0.2) is 11.9 Å². The van der Waals surface area contributed by atoms with Gasteiger partial charge in [0.15, 0.2) is 0 Å². The van der Waals surface area contributed by atoms with Gasteiger partial charge in [-0.05, 0) is 388 Å². The molecule has 0 amide bonds. The van der Waals surface area contributed by atoms with Crippen LogP contribution in [0.1, 0.15) is 227 Å². The summed E-state index contributed by atoms with van der Waals surface area (Å²) in [4.78, 5) is 22.8. The van der Waals surface area contributed by atoms with Crippen molar-refractivity contribution >= 4 is 11.9 Å². The van der Waals surface area contributed by atoms with Crippen molar-refractivity contribution in [3.8, 4) is 80.5 Å². The Bertz CT molecular complexity index is 5420. The fourth-order valence-corrected chi connectivity index (χ4v) is 21.3. The number of carbonyl (C=O) groups is 2. The summed E-state index contributed by atoms with van der Waals surface area (Å²) in [5.74, 6) is -6.78. The first-order chi connectivity index (χ1) is 60.7. The topological polar surface area (TPSA) is 108 Å². The summed E-state index contributed by atoms with van der Waals surface area (Å²) in [5, 5.41) is 0. The summed E-state index contributed by atoms with van der Waals surface area (Å²) in [5.41, 5.74) is 17.1. The number of rotatable bonds is 18. The highest BCUT2D eigenvalue weighted by molar-refractivity contribution is 5.90. The van der Waals surface area contributed by atoms with Crippen LogP contribution in [-0.2, 0) is 15.0 Å². The molecule has 0 heterocycles. The molecule has 10 aromatic carbocycles. The second-order valence-electron chi connectivity index (χ2n) is 38.2. The van der Waals surface area contributed by atoms with Crippen molar-refractivity contribution in [2.45, 2.75) is 249 Å². The Labute approximate surface area is 757 Å². The van der Waals surface area contributed by atoms with E-state index in [2.05, 4.69) is 27.0 Å². The van der Waals surface area contributed by atoms with Gasteiger partial charge in [-0.3, -0.25) is 0 Å². The number of hydrogen-bond acceptors (Lipinski definition) is 10. The minimum atomic E-state index is -1.75.